The van der Waals surface area contributed by atoms with E-state index in [1.807, 2.05) is 0 Å². The van der Waals surface area contributed by atoms with Crippen LogP contribution in [0.25, 0.3) is 0 Å². The Morgan fingerprint density at radius 1 is 1.42 bits per heavy atom. The lowest BCUT2D eigenvalue weighted by molar-refractivity contribution is 0.0377. The van der Waals surface area contributed by atoms with Crippen molar-refractivity contribution in [2.45, 2.75) is 44.1 Å². The number of aliphatic hydroxyl groups is 1. The van der Waals surface area contributed by atoms with Crippen molar-refractivity contribution in [2.24, 2.45) is 7.05 Å². The van der Waals surface area contributed by atoms with Gasteiger partial charge in [0.05, 0.1) is 11.3 Å². The van der Waals surface area contributed by atoms with Crippen LogP contribution in [-0.2, 0) is 17.1 Å². The Kier molecular flexibility index (Phi) is 5.00. The average Bonchev–Trinajstić information content (AvgIpc) is 2.61. The standard InChI is InChI=1S/C11H20ClN3O3S/c1-5-11(16,6-2)7-13-19(17,18)9-8(3)14-15(4)10(9)12/h13,16H,5-7H2,1-4H3. The molecular weight excluding hydrogens is 290 g/mol. The molecule has 19 heavy (non-hydrogen) atoms. The van der Waals surface area contributed by atoms with Gasteiger partial charge in [-0.25, -0.2) is 13.1 Å². The molecule has 0 aliphatic carbocycles. The van der Waals surface area contributed by atoms with Gasteiger partial charge >= 0.3 is 0 Å². The monoisotopic (exact) mass is 309 g/mol. The van der Waals surface area contributed by atoms with Gasteiger partial charge in [-0.3, -0.25) is 4.68 Å². The zero-order valence-corrected chi connectivity index (χ0v) is 13.1. The van der Waals surface area contributed by atoms with Gasteiger partial charge < -0.3 is 5.11 Å². The summed E-state index contributed by atoms with van der Waals surface area (Å²) in [5.74, 6) is 0. The lowest BCUT2D eigenvalue weighted by atomic mass is 9.98. The van der Waals surface area contributed by atoms with Crippen LogP contribution in [0.5, 0.6) is 0 Å². The maximum atomic E-state index is 12.2. The average molecular weight is 310 g/mol. The molecule has 0 bridgehead atoms. The molecule has 0 aliphatic heterocycles. The van der Waals surface area contributed by atoms with E-state index in [9.17, 15) is 13.5 Å². The fourth-order valence-corrected chi connectivity index (χ4v) is 3.58. The Bertz CT molecular complexity index is 550. The zero-order valence-electron chi connectivity index (χ0n) is 11.6. The molecule has 1 heterocycles. The summed E-state index contributed by atoms with van der Waals surface area (Å²) in [5, 5.41) is 14.1. The molecule has 0 unspecified atom stereocenters. The second kappa shape index (κ2) is 5.78. The Hall–Kier alpha value is -0.630. The molecule has 8 heteroatoms. The van der Waals surface area contributed by atoms with Crippen LogP contribution in [-0.4, -0.2) is 35.5 Å². The van der Waals surface area contributed by atoms with Gasteiger partial charge in [0.1, 0.15) is 10.0 Å². The fraction of sp³-hybridized carbons (Fsp3) is 0.727. The minimum atomic E-state index is -3.78. The molecule has 0 aromatic carbocycles. The van der Waals surface area contributed by atoms with E-state index in [2.05, 4.69) is 9.82 Å². The molecule has 2 N–H and O–H groups in total. The minimum absolute atomic E-state index is 0.0359. The largest absolute Gasteiger partial charge is 0.389 e. The number of nitrogens with zero attached hydrogens (tertiary/aromatic N) is 2. The number of hydrogen-bond acceptors (Lipinski definition) is 4. The van der Waals surface area contributed by atoms with Crippen LogP contribution in [0, 0.1) is 6.92 Å². The van der Waals surface area contributed by atoms with Crippen molar-refractivity contribution in [3.05, 3.63) is 10.8 Å². The maximum absolute atomic E-state index is 12.2. The van der Waals surface area contributed by atoms with Crippen LogP contribution >= 0.6 is 11.6 Å². The quantitative estimate of drug-likeness (QED) is 0.827. The number of rotatable bonds is 6. The Balaban J connectivity index is 3.00. The SMILES string of the molecule is CCC(O)(CC)CNS(=O)(=O)c1c(C)nn(C)c1Cl. The van der Waals surface area contributed by atoms with E-state index < -0.39 is 15.6 Å². The summed E-state index contributed by atoms with van der Waals surface area (Å²) in [6.07, 6.45) is 0.928. The number of halogens is 1. The summed E-state index contributed by atoms with van der Waals surface area (Å²) in [4.78, 5) is -0.0359. The molecule has 0 amide bonds. The summed E-state index contributed by atoms with van der Waals surface area (Å²) >= 11 is 5.94. The number of hydrogen-bond donors (Lipinski definition) is 2. The first-order valence-corrected chi connectivity index (χ1v) is 7.94. The van der Waals surface area contributed by atoms with Gasteiger partial charge in [0, 0.05) is 13.6 Å². The number of nitrogens with one attached hydrogen (secondary N) is 1. The van der Waals surface area contributed by atoms with Crippen molar-refractivity contribution in [1.29, 1.82) is 0 Å². The van der Waals surface area contributed by atoms with Crippen molar-refractivity contribution in [2.75, 3.05) is 6.54 Å². The number of sulfonamides is 1. The Morgan fingerprint density at radius 3 is 2.32 bits per heavy atom. The zero-order chi connectivity index (χ0) is 14.8. The van der Waals surface area contributed by atoms with Crippen molar-refractivity contribution in [1.82, 2.24) is 14.5 Å². The minimum Gasteiger partial charge on any atom is -0.389 e. The molecule has 0 aliphatic rings. The van der Waals surface area contributed by atoms with Crippen molar-refractivity contribution >= 4 is 21.6 Å². The molecule has 0 spiro atoms. The van der Waals surface area contributed by atoms with E-state index in [4.69, 9.17) is 11.6 Å². The first kappa shape index (κ1) is 16.4. The van der Waals surface area contributed by atoms with Gasteiger partial charge in [0.2, 0.25) is 10.0 Å². The van der Waals surface area contributed by atoms with E-state index >= 15 is 0 Å². The van der Waals surface area contributed by atoms with Gasteiger partial charge in [-0.1, -0.05) is 25.4 Å². The van der Waals surface area contributed by atoms with Crippen molar-refractivity contribution in [3.8, 4) is 0 Å². The predicted octanol–water partition coefficient (Wildman–Crippen LogP) is 1.21. The Morgan fingerprint density at radius 2 is 1.95 bits per heavy atom. The van der Waals surface area contributed by atoms with Crippen LogP contribution < -0.4 is 4.72 Å². The second-order valence-electron chi connectivity index (χ2n) is 4.58. The summed E-state index contributed by atoms with van der Waals surface area (Å²) < 4.78 is 28.1. The van der Waals surface area contributed by atoms with Gasteiger partial charge in [-0.2, -0.15) is 5.10 Å². The van der Waals surface area contributed by atoms with E-state index in [-0.39, 0.29) is 16.6 Å². The number of aryl methyl sites for hydroxylation is 2. The first-order chi connectivity index (χ1) is 8.67. The van der Waals surface area contributed by atoms with Gasteiger partial charge in [-0.05, 0) is 19.8 Å². The number of aromatic nitrogens is 2. The highest BCUT2D eigenvalue weighted by Gasteiger charge is 2.29. The molecule has 1 aromatic heterocycles. The Labute approximate surface area is 118 Å². The summed E-state index contributed by atoms with van der Waals surface area (Å²) in [6.45, 7) is 5.14. The first-order valence-electron chi connectivity index (χ1n) is 6.08. The highest BCUT2D eigenvalue weighted by atomic mass is 35.5. The van der Waals surface area contributed by atoms with Gasteiger partial charge in [-0.15, -0.1) is 0 Å². The van der Waals surface area contributed by atoms with Crippen LogP contribution in [0.15, 0.2) is 4.90 Å². The molecule has 0 radical (unpaired) electrons. The van der Waals surface area contributed by atoms with Crippen LogP contribution in [0.1, 0.15) is 32.4 Å². The molecule has 6 nitrogen and oxygen atoms in total. The third-order valence-electron chi connectivity index (χ3n) is 3.28. The highest BCUT2D eigenvalue weighted by Crippen LogP contribution is 2.24. The van der Waals surface area contributed by atoms with Gasteiger partial charge in [0.15, 0.2) is 0 Å². The summed E-state index contributed by atoms with van der Waals surface area (Å²) in [5.41, 5.74) is -0.716. The van der Waals surface area contributed by atoms with E-state index in [1.54, 1.807) is 27.8 Å². The van der Waals surface area contributed by atoms with Crippen molar-refractivity contribution in [3.63, 3.8) is 0 Å². The van der Waals surface area contributed by atoms with Crippen LogP contribution in [0.3, 0.4) is 0 Å². The van der Waals surface area contributed by atoms with Gasteiger partial charge in [0.25, 0.3) is 0 Å². The molecule has 0 atom stereocenters. The maximum Gasteiger partial charge on any atom is 0.245 e. The highest BCUT2D eigenvalue weighted by molar-refractivity contribution is 7.89. The summed E-state index contributed by atoms with van der Waals surface area (Å²) in [7, 11) is -2.21. The normalized spacial score (nSPS) is 12.9. The second-order valence-corrected chi connectivity index (χ2v) is 6.65. The lowest BCUT2D eigenvalue weighted by Crippen LogP contribution is -2.42. The molecule has 0 saturated carbocycles. The molecule has 1 rings (SSSR count). The smallest absolute Gasteiger partial charge is 0.245 e. The predicted molar refractivity (Wildman–Crippen MR) is 73.7 cm³/mol. The van der Waals surface area contributed by atoms with E-state index in [0.29, 0.717) is 18.5 Å². The fourth-order valence-electron chi connectivity index (χ4n) is 1.72. The molecule has 1 aromatic rings. The van der Waals surface area contributed by atoms with Crippen LogP contribution in [0.2, 0.25) is 5.15 Å². The lowest BCUT2D eigenvalue weighted by Gasteiger charge is -2.25. The topological polar surface area (TPSA) is 84.2 Å². The van der Waals surface area contributed by atoms with E-state index in [1.165, 1.54) is 4.68 Å². The molecule has 0 saturated heterocycles. The van der Waals surface area contributed by atoms with Crippen molar-refractivity contribution < 1.29 is 13.5 Å². The van der Waals surface area contributed by atoms with Crippen LogP contribution in [0.4, 0.5) is 0 Å². The molecular formula is C11H20ClN3O3S. The molecule has 0 fully saturated rings. The summed E-state index contributed by atoms with van der Waals surface area (Å²) in [6, 6.07) is 0. The third kappa shape index (κ3) is 3.47. The van der Waals surface area contributed by atoms with E-state index in [0.717, 1.165) is 0 Å². The molecule has 110 valence electrons. The third-order valence-corrected chi connectivity index (χ3v) is 5.37.